The van der Waals surface area contributed by atoms with Gasteiger partial charge in [-0.15, -0.1) is 0 Å². The van der Waals surface area contributed by atoms with Gasteiger partial charge in [-0.1, -0.05) is 0 Å². The molecule has 0 aromatic heterocycles. The minimum atomic E-state index is -1.12. The first-order valence-corrected chi connectivity index (χ1v) is 5.64. The van der Waals surface area contributed by atoms with Gasteiger partial charge in [0, 0.05) is 6.07 Å². The summed E-state index contributed by atoms with van der Waals surface area (Å²) < 4.78 is 31.5. The molecule has 2 aromatic carbocycles. The van der Waals surface area contributed by atoms with Crippen molar-refractivity contribution < 1.29 is 23.4 Å². The average molecular weight is 279 g/mol. The Labute approximate surface area is 113 Å². The maximum atomic E-state index is 13.6. The first-order chi connectivity index (χ1) is 9.51. The zero-order valence-corrected chi connectivity index (χ0v) is 10.5. The first-order valence-electron chi connectivity index (χ1n) is 5.64. The Morgan fingerprint density at radius 3 is 2.50 bits per heavy atom. The molecule has 6 heteroatoms. The topological polar surface area (TPSA) is 58.6 Å². The van der Waals surface area contributed by atoms with Gasteiger partial charge in [0.05, 0.1) is 24.0 Å². The molecule has 4 nitrogen and oxygen atoms in total. The van der Waals surface area contributed by atoms with Crippen molar-refractivity contribution in [1.82, 2.24) is 0 Å². The molecule has 0 aliphatic heterocycles. The van der Waals surface area contributed by atoms with E-state index < -0.39 is 17.6 Å². The Balaban J connectivity index is 2.40. The van der Waals surface area contributed by atoms with Gasteiger partial charge in [-0.2, -0.15) is 0 Å². The number of hydrogen-bond donors (Lipinski definition) is 2. The lowest BCUT2D eigenvalue weighted by atomic mass is 10.1. The highest BCUT2D eigenvalue weighted by Gasteiger charge is 2.11. The third-order valence-electron chi connectivity index (χ3n) is 2.65. The summed E-state index contributed by atoms with van der Waals surface area (Å²) in [5.74, 6) is -2.25. The molecule has 0 atom stereocenters. The van der Waals surface area contributed by atoms with Crippen LogP contribution in [0.15, 0.2) is 36.4 Å². The summed E-state index contributed by atoms with van der Waals surface area (Å²) in [7, 11) is 1.40. The fraction of sp³-hybridized carbons (Fsp3) is 0.0714. The van der Waals surface area contributed by atoms with Crippen LogP contribution in [0.25, 0.3) is 0 Å². The highest BCUT2D eigenvalue weighted by Crippen LogP contribution is 2.30. The summed E-state index contributed by atoms with van der Waals surface area (Å²) in [4.78, 5) is 10.9. The number of anilines is 2. The number of carboxylic acids is 1. The zero-order valence-electron chi connectivity index (χ0n) is 10.5. The van der Waals surface area contributed by atoms with Gasteiger partial charge in [0.15, 0.2) is 0 Å². The second-order valence-electron chi connectivity index (χ2n) is 3.97. The van der Waals surface area contributed by atoms with Crippen molar-refractivity contribution in [3.8, 4) is 5.75 Å². The zero-order chi connectivity index (χ0) is 14.7. The molecule has 0 radical (unpaired) electrons. The molecule has 0 fully saturated rings. The molecule has 0 saturated carbocycles. The molecule has 2 rings (SSSR count). The number of rotatable bonds is 4. The van der Waals surface area contributed by atoms with Crippen molar-refractivity contribution >= 4 is 17.3 Å². The standard InChI is InChI=1S/C14H11F2NO3/c1-20-13-5-2-8(14(18)19)6-12(13)17-11-4-3-9(15)7-10(11)16/h2-7,17H,1H3,(H,18,19). The van der Waals surface area contributed by atoms with E-state index in [9.17, 15) is 13.6 Å². The second-order valence-corrected chi connectivity index (χ2v) is 3.97. The lowest BCUT2D eigenvalue weighted by Gasteiger charge is -2.12. The maximum Gasteiger partial charge on any atom is 0.335 e. The Morgan fingerprint density at radius 2 is 1.90 bits per heavy atom. The van der Waals surface area contributed by atoms with Gasteiger partial charge in [-0.05, 0) is 30.3 Å². The number of halogens is 2. The minimum absolute atomic E-state index is 0.0206. The molecule has 0 unspecified atom stereocenters. The number of carboxylic acid groups (broad SMARTS) is 1. The Kier molecular flexibility index (Phi) is 3.84. The smallest absolute Gasteiger partial charge is 0.335 e. The van der Waals surface area contributed by atoms with Gasteiger partial charge >= 0.3 is 5.97 Å². The summed E-state index contributed by atoms with van der Waals surface area (Å²) in [5, 5.41) is 11.6. The molecule has 2 N–H and O–H groups in total. The van der Waals surface area contributed by atoms with E-state index >= 15 is 0 Å². The van der Waals surface area contributed by atoms with Crippen LogP contribution in [0.4, 0.5) is 20.2 Å². The van der Waals surface area contributed by atoms with E-state index in [1.165, 1.54) is 31.4 Å². The maximum absolute atomic E-state index is 13.6. The number of carbonyl (C=O) groups is 1. The fourth-order valence-corrected chi connectivity index (χ4v) is 1.67. The van der Waals surface area contributed by atoms with Crippen LogP contribution in [-0.2, 0) is 0 Å². The molecule has 0 aliphatic carbocycles. The van der Waals surface area contributed by atoms with Crippen molar-refractivity contribution in [2.24, 2.45) is 0 Å². The quantitative estimate of drug-likeness (QED) is 0.900. The molecule has 0 spiro atoms. The van der Waals surface area contributed by atoms with Crippen LogP contribution < -0.4 is 10.1 Å². The predicted octanol–water partition coefficient (Wildman–Crippen LogP) is 3.42. The molecule has 2 aromatic rings. The molecule has 0 amide bonds. The SMILES string of the molecule is COc1ccc(C(=O)O)cc1Nc1ccc(F)cc1F. The monoisotopic (exact) mass is 279 g/mol. The lowest BCUT2D eigenvalue weighted by molar-refractivity contribution is 0.0697. The molecule has 0 saturated heterocycles. The summed E-state index contributed by atoms with van der Waals surface area (Å²) in [6.45, 7) is 0. The van der Waals surface area contributed by atoms with Gasteiger partial charge in [0.2, 0.25) is 0 Å². The van der Waals surface area contributed by atoms with Crippen LogP contribution >= 0.6 is 0 Å². The van der Waals surface area contributed by atoms with Crippen molar-refractivity contribution in [2.45, 2.75) is 0 Å². The normalized spacial score (nSPS) is 10.2. The first kappa shape index (κ1) is 13.8. The Bertz CT molecular complexity index is 659. The van der Waals surface area contributed by atoms with Gasteiger partial charge < -0.3 is 15.2 Å². The summed E-state index contributed by atoms with van der Waals surface area (Å²) >= 11 is 0. The van der Waals surface area contributed by atoms with Crippen molar-refractivity contribution in [2.75, 3.05) is 12.4 Å². The Hall–Kier alpha value is -2.63. The van der Waals surface area contributed by atoms with Crippen LogP contribution in [0, 0.1) is 11.6 Å². The van der Waals surface area contributed by atoms with Crippen LogP contribution in [-0.4, -0.2) is 18.2 Å². The van der Waals surface area contributed by atoms with Crippen LogP contribution in [0.1, 0.15) is 10.4 Å². The molecule has 20 heavy (non-hydrogen) atoms. The van der Waals surface area contributed by atoms with E-state index in [0.717, 1.165) is 12.1 Å². The summed E-state index contributed by atoms with van der Waals surface area (Å²) in [6, 6.07) is 7.18. The molecule has 0 bridgehead atoms. The fourth-order valence-electron chi connectivity index (χ4n) is 1.67. The van der Waals surface area contributed by atoms with Gasteiger partial charge in [-0.3, -0.25) is 0 Å². The van der Waals surface area contributed by atoms with E-state index in [-0.39, 0.29) is 16.9 Å². The van der Waals surface area contributed by atoms with E-state index in [1.54, 1.807) is 0 Å². The van der Waals surface area contributed by atoms with Crippen LogP contribution in [0.3, 0.4) is 0 Å². The van der Waals surface area contributed by atoms with Crippen molar-refractivity contribution in [3.63, 3.8) is 0 Å². The minimum Gasteiger partial charge on any atom is -0.495 e. The number of aromatic carboxylic acids is 1. The highest BCUT2D eigenvalue weighted by atomic mass is 19.1. The second kappa shape index (κ2) is 5.56. The molecular formula is C14H11F2NO3. The third kappa shape index (κ3) is 2.85. The number of ether oxygens (including phenoxy) is 1. The third-order valence-corrected chi connectivity index (χ3v) is 2.65. The molecular weight excluding hydrogens is 268 g/mol. The van der Waals surface area contributed by atoms with Crippen molar-refractivity contribution in [1.29, 1.82) is 0 Å². The van der Waals surface area contributed by atoms with E-state index in [4.69, 9.17) is 9.84 Å². The summed E-state index contributed by atoms with van der Waals surface area (Å²) in [6.07, 6.45) is 0. The number of hydrogen-bond acceptors (Lipinski definition) is 3. The van der Waals surface area contributed by atoms with Gasteiger partial charge in [0.25, 0.3) is 0 Å². The van der Waals surface area contributed by atoms with E-state index in [0.29, 0.717) is 5.75 Å². The van der Waals surface area contributed by atoms with Gasteiger partial charge in [-0.25, -0.2) is 13.6 Å². The molecule has 104 valence electrons. The highest BCUT2D eigenvalue weighted by molar-refractivity contribution is 5.90. The molecule has 0 aliphatic rings. The van der Waals surface area contributed by atoms with Crippen LogP contribution in [0.5, 0.6) is 5.75 Å². The lowest BCUT2D eigenvalue weighted by Crippen LogP contribution is -2.01. The van der Waals surface area contributed by atoms with Crippen LogP contribution in [0.2, 0.25) is 0 Å². The van der Waals surface area contributed by atoms with Crippen molar-refractivity contribution in [3.05, 3.63) is 53.6 Å². The molecule has 0 heterocycles. The number of benzene rings is 2. The number of methoxy groups -OCH3 is 1. The predicted molar refractivity (Wildman–Crippen MR) is 69.6 cm³/mol. The largest absolute Gasteiger partial charge is 0.495 e. The van der Waals surface area contributed by atoms with Gasteiger partial charge in [0.1, 0.15) is 17.4 Å². The van der Waals surface area contributed by atoms with E-state index in [1.807, 2.05) is 0 Å². The van der Waals surface area contributed by atoms with E-state index in [2.05, 4.69) is 5.32 Å². The average Bonchev–Trinajstić information content (AvgIpc) is 2.41. The number of nitrogens with one attached hydrogen (secondary N) is 1. The Morgan fingerprint density at radius 1 is 1.15 bits per heavy atom. The summed E-state index contributed by atoms with van der Waals surface area (Å²) in [5.41, 5.74) is 0.320.